The van der Waals surface area contributed by atoms with E-state index in [4.69, 9.17) is 10.5 Å². The van der Waals surface area contributed by atoms with Gasteiger partial charge in [-0.2, -0.15) is 0 Å². The number of aliphatic imine (C=N–C) groups is 1. The molecule has 7 nitrogen and oxygen atoms in total. The molecule has 0 aliphatic heterocycles. The minimum absolute atomic E-state index is 0.420. The summed E-state index contributed by atoms with van der Waals surface area (Å²) in [6, 6.07) is 28.0. The van der Waals surface area contributed by atoms with Gasteiger partial charge in [-0.05, 0) is 63.1 Å². The summed E-state index contributed by atoms with van der Waals surface area (Å²) in [6.45, 7) is 17.0. The molecular formula is C36H49N5O2. The van der Waals surface area contributed by atoms with E-state index < -0.39 is 11.7 Å². The molecule has 3 N–H and O–H groups in total. The van der Waals surface area contributed by atoms with Crippen LogP contribution >= 0.6 is 0 Å². The summed E-state index contributed by atoms with van der Waals surface area (Å²) in [5, 5.41) is 3.31. The van der Waals surface area contributed by atoms with Crippen molar-refractivity contribution in [3.05, 3.63) is 120 Å². The highest BCUT2D eigenvalue weighted by molar-refractivity contribution is 6.08. The number of hydrogen-bond donors (Lipinski definition) is 2. The second kappa shape index (κ2) is 17.4. The van der Waals surface area contributed by atoms with E-state index in [-0.39, 0.29) is 0 Å². The van der Waals surface area contributed by atoms with Gasteiger partial charge in [0.15, 0.2) is 5.84 Å². The van der Waals surface area contributed by atoms with Gasteiger partial charge in [-0.1, -0.05) is 93.9 Å². The summed E-state index contributed by atoms with van der Waals surface area (Å²) in [5.41, 5.74) is 11.4. The highest BCUT2D eigenvalue weighted by Crippen LogP contribution is 2.22. The van der Waals surface area contributed by atoms with Crippen molar-refractivity contribution in [2.24, 2.45) is 10.7 Å². The van der Waals surface area contributed by atoms with Crippen LogP contribution in [0.4, 0.5) is 16.2 Å². The number of carbonyl (C=O) groups is 1. The standard InChI is InChI=1S/C32H39N5O2.C4H10/c1-7-34-30(35-27-18-20-28(21-19-27)36(6)31(38)39-32(3,4)5)29(33)24(2)37(22-25-14-10-8-11-15-25)23-26-16-12-9-13-17-26;1-3-4-2/h7-21H,1,22-23,33H2,2-6H3,(H,34,35);3-4H2,1-2H3/b29-24-;. The Balaban J connectivity index is 0.00000151. The lowest BCUT2D eigenvalue weighted by Crippen LogP contribution is -2.34. The molecule has 0 fully saturated rings. The summed E-state index contributed by atoms with van der Waals surface area (Å²) in [5.74, 6) is 0.488. The first kappa shape index (κ1) is 34.7. The van der Waals surface area contributed by atoms with Crippen molar-refractivity contribution >= 4 is 23.3 Å². The molecule has 0 radical (unpaired) electrons. The third kappa shape index (κ3) is 12.1. The predicted octanol–water partition coefficient (Wildman–Crippen LogP) is 8.71. The number of unbranched alkanes of at least 4 members (excludes halogenated alkanes) is 1. The van der Waals surface area contributed by atoms with Gasteiger partial charge in [-0.15, -0.1) is 0 Å². The Bertz CT molecular complexity index is 1280. The van der Waals surface area contributed by atoms with Crippen molar-refractivity contribution < 1.29 is 9.53 Å². The van der Waals surface area contributed by atoms with Crippen LogP contribution in [0.3, 0.4) is 0 Å². The third-order valence-electron chi connectivity index (χ3n) is 6.46. The molecule has 0 aliphatic rings. The average Bonchev–Trinajstić information content (AvgIpc) is 3.00. The zero-order chi connectivity index (χ0) is 31.8. The van der Waals surface area contributed by atoms with Gasteiger partial charge in [-0.25, -0.2) is 9.79 Å². The molecule has 0 spiro atoms. The Morgan fingerprint density at radius 2 is 1.40 bits per heavy atom. The lowest BCUT2D eigenvalue weighted by molar-refractivity contribution is 0.0589. The first-order valence-electron chi connectivity index (χ1n) is 14.8. The summed E-state index contributed by atoms with van der Waals surface area (Å²) < 4.78 is 5.46. The second-order valence-electron chi connectivity index (χ2n) is 11.2. The monoisotopic (exact) mass is 583 g/mol. The van der Waals surface area contributed by atoms with Crippen LogP contribution in [0, 0.1) is 0 Å². The summed E-state index contributed by atoms with van der Waals surface area (Å²) in [7, 11) is 1.68. The Kier molecular flexibility index (Phi) is 14.1. The van der Waals surface area contributed by atoms with Crippen molar-refractivity contribution in [2.75, 3.05) is 17.3 Å². The van der Waals surface area contributed by atoms with Gasteiger partial charge < -0.3 is 20.7 Å². The normalized spacial score (nSPS) is 11.8. The molecule has 230 valence electrons. The second-order valence-corrected chi connectivity index (χ2v) is 11.2. The molecule has 0 atom stereocenters. The predicted molar refractivity (Wildman–Crippen MR) is 182 cm³/mol. The minimum atomic E-state index is -0.570. The molecule has 3 aromatic rings. The van der Waals surface area contributed by atoms with Crippen molar-refractivity contribution in [2.45, 2.75) is 73.1 Å². The van der Waals surface area contributed by atoms with E-state index in [0.717, 1.165) is 11.4 Å². The van der Waals surface area contributed by atoms with Crippen molar-refractivity contribution in [3.63, 3.8) is 0 Å². The van der Waals surface area contributed by atoms with E-state index in [1.54, 1.807) is 7.05 Å². The molecule has 3 aromatic carbocycles. The smallest absolute Gasteiger partial charge is 0.414 e. The lowest BCUT2D eigenvalue weighted by Gasteiger charge is -2.28. The number of nitrogens with one attached hydrogen (secondary N) is 1. The summed E-state index contributed by atoms with van der Waals surface area (Å²) in [4.78, 5) is 20.6. The molecule has 0 unspecified atom stereocenters. The van der Waals surface area contributed by atoms with Gasteiger partial charge in [0.05, 0.1) is 5.70 Å². The molecule has 0 saturated heterocycles. The van der Waals surface area contributed by atoms with Crippen molar-refractivity contribution in [1.29, 1.82) is 0 Å². The first-order chi connectivity index (χ1) is 20.5. The van der Waals surface area contributed by atoms with Gasteiger partial charge in [0.25, 0.3) is 0 Å². The molecule has 0 bridgehead atoms. The largest absolute Gasteiger partial charge is 0.443 e. The van der Waals surface area contributed by atoms with Crippen molar-refractivity contribution in [3.8, 4) is 0 Å². The van der Waals surface area contributed by atoms with E-state index in [0.29, 0.717) is 30.3 Å². The third-order valence-corrected chi connectivity index (χ3v) is 6.46. The van der Waals surface area contributed by atoms with E-state index in [9.17, 15) is 4.79 Å². The average molecular weight is 584 g/mol. The van der Waals surface area contributed by atoms with Gasteiger partial charge in [0, 0.05) is 43.4 Å². The van der Waals surface area contributed by atoms with Gasteiger partial charge in [0.2, 0.25) is 0 Å². The molecular weight excluding hydrogens is 534 g/mol. The number of nitrogens with zero attached hydrogens (tertiary/aromatic N) is 3. The number of benzene rings is 3. The Hall–Kier alpha value is -4.52. The van der Waals surface area contributed by atoms with E-state index >= 15 is 0 Å². The van der Waals surface area contributed by atoms with E-state index in [2.05, 4.69) is 59.9 Å². The molecule has 7 heteroatoms. The number of rotatable bonds is 10. The Labute approximate surface area is 258 Å². The minimum Gasteiger partial charge on any atom is -0.443 e. The van der Waals surface area contributed by atoms with Crippen LogP contribution in [0.1, 0.15) is 65.5 Å². The Morgan fingerprint density at radius 1 is 0.907 bits per heavy atom. The maximum Gasteiger partial charge on any atom is 0.414 e. The fourth-order valence-corrected chi connectivity index (χ4v) is 3.84. The number of allylic oxidation sites excluding steroid dienone is 1. The number of amides is 1. The maximum atomic E-state index is 12.4. The highest BCUT2D eigenvalue weighted by atomic mass is 16.6. The van der Waals surface area contributed by atoms with Crippen LogP contribution in [-0.2, 0) is 17.8 Å². The Morgan fingerprint density at radius 3 is 1.81 bits per heavy atom. The molecule has 0 heterocycles. The van der Waals surface area contributed by atoms with Crippen LogP contribution in [0.5, 0.6) is 0 Å². The highest BCUT2D eigenvalue weighted by Gasteiger charge is 2.21. The van der Waals surface area contributed by atoms with Gasteiger partial charge >= 0.3 is 6.09 Å². The molecule has 3 rings (SSSR count). The van der Waals surface area contributed by atoms with E-state index in [1.807, 2.05) is 88.4 Å². The molecule has 0 saturated carbocycles. The van der Waals surface area contributed by atoms with E-state index in [1.165, 1.54) is 35.1 Å². The fraction of sp³-hybridized carbons (Fsp3) is 0.333. The van der Waals surface area contributed by atoms with Crippen LogP contribution in [0.25, 0.3) is 0 Å². The molecule has 0 aromatic heterocycles. The van der Waals surface area contributed by atoms with Crippen LogP contribution in [0.2, 0.25) is 0 Å². The van der Waals surface area contributed by atoms with Gasteiger partial charge in [0.1, 0.15) is 5.60 Å². The number of anilines is 2. The van der Waals surface area contributed by atoms with Crippen molar-refractivity contribution in [1.82, 2.24) is 4.90 Å². The quantitative estimate of drug-likeness (QED) is 0.184. The number of hydrogen-bond acceptors (Lipinski definition) is 5. The van der Waals surface area contributed by atoms with Crippen LogP contribution in [0.15, 0.2) is 114 Å². The number of ether oxygens (including phenoxy) is 1. The fourth-order valence-electron chi connectivity index (χ4n) is 3.84. The molecule has 43 heavy (non-hydrogen) atoms. The zero-order valence-electron chi connectivity index (χ0n) is 26.9. The first-order valence-corrected chi connectivity index (χ1v) is 14.8. The lowest BCUT2D eigenvalue weighted by atomic mass is 10.1. The SMILES string of the molecule is C=CN=C(Nc1ccc(N(C)C(=O)OC(C)(C)C)cc1)/C(N)=C(\C)N(Cc1ccccc1)Cc1ccccc1.CCCC. The molecule has 0 aliphatic carbocycles. The van der Waals surface area contributed by atoms with Crippen LogP contribution in [-0.4, -0.2) is 29.5 Å². The zero-order valence-corrected chi connectivity index (χ0v) is 26.9. The van der Waals surface area contributed by atoms with Crippen LogP contribution < -0.4 is 16.0 Å². The number of carbonyl (C=O) groups excluding carboxylic acids is 1. The topological polar surface area (TPSA) is 83.2 Å². The maximum absolute atomic E-state index is 12.4. The summed E-state index contributed by atoms with van der Waals surface area (Å²) >= 11 is 0. The number of nitrogens with two attached hydrogens (primary N) is 1. The van der Waals surface area contributed by atoms with Gasteiger partial charge in [-0.3, -0.25) is 4.90 Å². The summed E-state index contributed by atoms with van der Waals surface area (Å²) in [6.07, 6.45) is 3.68. The number of amidine groups is 1. The molecule has 1 amide bonds.